The quantitative estimate of drug-likeness (QED) is 0.920. The van der Waals surface area contributed by atoms with Crippen LogP contribution >= 0.6 is 15.9 Å². The van der Waals surface area contributed by atoms with E-state index in [1.165, 1.54) is 0 Å². The molecule has 20 heavy (non-hydrogen) atoms. The number of hydrogen-bond donors (Lipinski definition) is 1. The Morgan fingerprint density at radius 1 is 1.20 bits per heavy atom. The number of rotatable bonds is 3. The van der Waals surface area contributed by atoms with Crippen molar-refractivity contribution in [2.75, 3.05) is 5.32 Å². The fourth-order valence-corrected chi connectivity index (χ4v) is 2.64. The van der Waals surface area contributed by atoms with Gasteiger partial charge in [-0.3, -0.25) is 4.79 Å². The molecule has 2 rings (SSSR count). The summed E-state index contributed by atoms with van der Waals surface area (Å²) < 4.78 is 0.896. The van der Waals surface area contributed by atoms with E-state index in [1.807, 2.05) is 13.0 Å². The molecule has 1 amide bonds. The van der Waals surface area contributed by atoms with Gasteiger partial charge < -0.3 is 15.2 Å². The van der Waals surface area contributed by atoms with Crippen molar-refractivity contribution in [3.63, 3.8) is 0 Å². The smallest absolute Gasteiger partial charge is 0.251 e. The zero-order valence-electron chi connectivity index (χ0n) is 11.2. The van der Waals surface area contributed by atoms with Gasteiger partial charge in [-0.15, -0.1) is 0 Å². The highest BCUT2D eigenvalue weighted by Crippen LogP contribution is 2.26. The number of carbonyl (C=O) groups is 2. The van der Waals surface area contributed by atoms with Crippen LogP contribution in [0.15, 0.2) is 33.8 Å². The van der Waals surface area contributed by atoms with E-state index < -0.39 is 5.97 Å². The van der Waals surface area contributed by atoms with Crippen LogP contribution in [0.4, 0.5) is 5.69 Å². The topological polar surface area (TPSA) is 69.2 Å². The molecule has 0 aromatic heterocycles. The van der Waals surface area contributed by atoms with E-state index in [2.05, 4.69) is 21.2 Å². The molecule has 1 aliphatic carbocycles. The number of carboxylic acids is 1. The van der Waals surface area contributed by atoms with Crippen LogP contribution in [0.25, 0.3) is 0 Å². The molecule has 1 N–H and O–H groups in total. The van der Waals surface area contributed by atoms with Crippen molar-refractivity contribution in [2.24, 2.45) is 0 Å². The Balaban J connectivity index is 2.22. The normalized spacial score (nSPS) is 15.1. The van der Waals surface area contributed by atoms with Gasteiger partial charge in [0.15, 0.2) is 0 Å². The maximum atomic E-state index is 12.2. The van der Waals surface area contributed by atoms with Gasteiger partial charge in [-0.05, 0) is 55.9 Å². The second kappa shape index (κ2) is 6.22. The van der Waals surface area contributed by atoms with Crippen molar-refractivity contribution < 1.29 is 14.7 Å². The third kappa shape index (κ3) is 3.28. The first-order valence-electron chi connectivity index (χ1n) is 6.50. The summed E-state index contributed by atoms with van der Waals surface area (Å²) in [5, 5.41) is 13.8. The van der Waals surface area contributed by atoms with Crippen LogP contribution in [0, 0.1) is 6.92 Å². The van der Waals surface area contributed by atoms with Crippen LogP contribution in [0.5, 0.6) is 0 Å². The number of aliphatic carboxylic acids is 1. The first-order chi connectivity index (χ1) is 9.49. The Morgan fingerprint density at radius 3 is 2.45 bits per heavy atom. The molecular formula is C15H15BrNO3-. The molecule has 0 unspecified atom stereocenters. The Bertz CT molecular complexity index is 593. The number of amides is 1. The van der Waals surface area contributed by atoms with Crippen molar-refractivity contribution in [3.8, 4) is 0 Å². The summed E-state index contributed by atoms with van der Waals surface area (Å²) in [6.45, 7) is 1.95. The first kappa shape index (κ1) is 14.8. The molecule has 0 atom stereocenters. The zero-order chi connectivity index (χ0) is 14.7. The number of carbonyl (C=O) groups excluding carboxylic acids is 2. The van der Waals surface area contributed by atoms with Crippen molar-refractivity contribution in [1.29, 1.82) is 0 Å². The van der Waals surface area contributed by atoms with Gasteiger partial charge in [0.1, 0.15) is 0 Å². The van der Waals surface area contributed by atoms with E-state index >= 15 is 0 Å². The molecule has 1 aromatic carbocycles. The average molecular weight is 337 g/mol. The van der Waals surface area contributed by atoms with Gasteiger partial charge in [-0.1, -0.05) is 22.0 Å². The number of benzene rings is 1. The average Bonchev–Trinajstić information content (AvgIpc) is 2.43. The lowest BCUT2D eigenvalue weighted by Gasteiger charge is -2.20. The molecule has 0 fully saturated rings. The van der Waals surface area contributed by atoms with Crippen LogP contribution in [0.2, 0.25) is 0 Å². The van der Waals surface area contributed by atoms with Crippen LogP contribution in [-0.4, -0.2) is 11.9 Å². The number of halogens is 1. The number of carboxylic acid groups (broad SMARTS) is 1. The highest BCUT2D eigenvalue weighted by Gasteiger charge is 2.20. The summed E-state index contributed by atoms with van der Waals surface area (Å²) in [6.07, 6.45) is 2.51. The minimum absolute atomic E-state index is 0.139. The highest BCUT2D eigenvalue weighted by molar-refractivity contribution is 9.10. The van der Waals surface area contributed by atoms with Crippen LogP contribution in [0.1, 0.15) is 31.2 Å². The Kier molecular flexibility index (Phi) is 4.60. The maximum Gasteiger partial charge on any atom is 0.251 e. The molecule has 106 valence electrons. The van der Waals surface area contributed by atoms with E-state index in [-0.39, 0.29) is 11.5 Å². The monoisotopic (exact) mass is 336 g/mol. The van der Waals surface area contributed by atoms with Crippen molar-refractivity contribution >= 4 is 33.5 Å². The first-order valence-corrected chi connectivity index (χ1v) is 7.29. The van der Waals surface area contributed by atoms with Crippen LogP contribution in [-0.2, 0) is 9.59 Å². The predicted octanol–water partition coefficient (Wildman–Crippen LogP) is 2.32. The molecule has 1 aliphatic rings. The fourth-order valence-electron chi connectivity index (χ4n) is 2.26. The van der Waals surface area contributed by atoms with Gasteiger partial charge in [0.05, 0.1) is 5.97 Å². The SMILES string of the molecule is Cc1ccc(NC(=O)C2=C(C(=O)[O-])CCCC2)cc1Br. The lowest BCUT2D eigenvalue weighted by molar-refractivity contribution is -0.299. The summed E-state index contributed by atoms with van der Waals surface area (Å²) in [7, 11) is 0. The van der Waals surface area contributed by atoms with E-state index in [0.29, 0.717) is 24.1 Å². The summed E-state index contributed by atoms with van der Waals surface area (Å²) >= 11 is 3.40. The van der Waals surface area contributed by atoms with E-state index in [4.69, 9.17) is 0 Å². The molecule has 4 nitrogen and oxygen atoms in total. The lowest BCUT2D eigenvalue weighted by atomic mass is 9.91. The van der Waals surface area contributed by atoms with E-state index in [1.54, 1.807) is 12.1 Å². The molecule has 0 saturated carbocycles. The second-order valence-electron chi connectivity index (χ2n) is 4.87. The largest absolute Gasteiger partial charge is 0.545 e. The van der Waals surface area contributed by atoms with Gasteiger partial charge in [0, 0.05) is 15.7 Å². The number of nitrogens with one attached hydrogen (secondary N) is 1. The predicted molar refractivity (Wildman–Crippen MR) is 78.0 cm³/mol. The van der Waals surface area contributed by atoms with Crippen molar-refractivity contribution in [2.45, 2.75) is 32.6 Å². The molecule has 1 aromatic rings. The molecule has 0 heterocycles. The summed E-state index contributed by atoms with van der Waals surface area (Å²) in [4.78, 5) is 23.3. The van der Waals surface area contributed by atoms with Crippen molar-refractivity contribution in [3.05, 3.63) is 39.4 Å². The van der Waals surface area contributed by atoms with Gasteiger partial charge in [0.25, 0.3) is 5.91 Å². The van der Waals surface area contributed by atoms with E-state index in [0.717, 1.165) is 22.9 Å². The molecular weight excluding hydrogens is 322 g/mol. The lowest BCUT2D eigenvalue weighted by Crippen LogP contribution is -2.30. The Labute approximate surface area is 126 Å². The van der Waals surface area contributed by atoms with Gasteiger partial charge >= 0.3 is 0 Å². The number of aryl methyl sites for hydroxylation is 1. The van der Waals surface area contributed by atoms with Gasteiger partial charge in [-0.25, -0.2) is 0 Å². The van der Waals surface area contributed by atoms with E-state index in [9.17, 15) is 14.7 Å². The summed E-state index contributed by atoms with van der Waals surface area (Å²) in [5.74, 6) is -1.58. The third-order valence-corrected chi connectivity index (χ3v) is 4.27. The third-order valence-electron chi connectivity index (χ3n) is 3.42. The fraction of sp³-hybridized carbons (Fsp3) is 0.333. The van der Waals surface area contributed by atoms with Gasteiger partial charge in [0.2, 0.25) is 0 Å². The standard InChI is InChI=1S/C15H16BrNO3/c1-9-6-7-10(8-13(9)16)17-14(18)11-4-2-3-5-12(11)15(19)20/h6-8H,2-5H2,1H3,(H,17,18)(H,19,20)/p-1. The number of hydrogen-bond acceptors (Lipinski definition) is 3. The minimum atomic E-state index is -1.24. The molecule has 0 saturated heterocycles. The summed E-state index contributed by atoms with van der Waals surface area (Å²) in [5.41, 5.74) is 2.19. The Hall–Kier alpha value is -1.62. The highest BCUT2D eigenvalue weighted by atomic mass is 79.9. The Morgan fingerprint density at radius 2 is 1.85 bits per heavy atom. The molecule has 0 radical (unpaired) electrons. The molecule has 0 aliphatic heterocycles. The second-order valence-corrected chi connectivity index (χ2v) is 5.72. The molecule has 5 heteroatoms. The van der Waals surface area contributed by atoms with Gasteiger partial charge in [-0.2, -0.15) is 0 Å². The maximum absolute atomic E-state index is 12.2. The molecule has 0 bridgehead atoms. The minimum Gasteiger partial charge on any atom is -0.545 e. The van der Waals surface area contributed by atoms with Crippen LogP contribution in [0.3, 0.4) is 0 Å². The zero-order valence-corrected chi connectivity index (χ0v) is 12.7. The van der Waals surface area contributed by atoms with Crippen molar-refractivity contribution in [1.82, 2.24) is 0 Å². The summed E-state index contributed by atoms with van der Waals surface area (Å²) in [6, 6.07) is 5.48. The molecule has 0 spiro atoms. The van der Waals surface area contributed by atoms with Crippen LogP contribution < -0.4 is 10.4 Å². The number of anilines is 1.